The van der Waals surface area contributed by atoms with Gasteiger partial charge in [-0.05, 0) is 65.1 Å². The molecular formula is C16H21BrFNO. The van der Waals surface area contributed by atoms with Crippen LogP contribution >= 0.6 is 15.9 Å². The van der Waals surface area contributed by atoms with Crippen molar-refractivity contribution >= 4 is 15.9 Å². The van der Waals surface area contributed by atoms with Crippen LogP contribution in [0.4, 0.5) is 4.39 Å². The van der Waals surface area contributed by atoms with Crippen LogP contribution in [0.5, 0.6) is 0 Å². The van der Waals surface area contributed by atoms with E-state index in [2.05, 4.69) is 21.2 Å². The molecule has 110 valence electrons. The molecule has 1 saturated carbocycles. The third kappa shape index (κ3) is 3.41. The predicted octanol–water partition coefficient (Wildman–Crippen LogP) is 3.68. The van der Waals surface area contributed by atoms with Gasteiger partial charge in [0.05, 0.1) is 4.47 Å². The maximum atomic E-state index is 13.7. The molecule has 2 aliphatic rings. The Bertz CT molecular complexity index is 470. The highest BCUT2D eigenvalue weighted by atomic mass is 79.9. The first-order chi connectivity index (χ1) is 9.69. The highest BCUT2D eigenvalue weighted by Gasteiger charge is 2.35. The van der Waals surface area contributed by atoms with Crippen LogP contribution in [0.1, 0.15) is 31.2 Å². The van der Waals surface area contributed by atoms with Gasteiger partial charge in [0.1, 0.15) is 5.82 Å². The Morgan fingerprint density at radius 1 is 1.30 bits per heavy atom. The molecule has 0 bridgehead atoms. The van der Waals surface area contributed by atoms with Crippen LogP contribution in [0, 0.1) is 11.2 Å². The van der Waals surface area contributed by atoms with Gasteiger partial charge >= 0.3 is 0 Å². The zero-order valence-corrected chi connectivity index (χ0v) is 13.2. The Labute approximate surface area is 128 Å². The minimum absolute atomic E-state index is 0.167. The monoisotopic (exact) mass is 341 g/mol. The minimum atomic E-state index is -0.167. The normalized spacial score (nSPS) is 21.9. The highest BCUT2D eigenvalue weighted by Crippen LogP contribution is 2.37. The zero-order valence-electron chi connectivity index (χ0n) is 11.6. The second-order valence-corrected chi connectivity index (χ2v) is 6.95. The number of hydrogen-bond acceptors (Lipinski definition) is 2. The maximum Gasteiger partial charge on any atom is 0.137 e. The molecule has 0 radical (unpaired) electrons. The third-order valence-electron chi connectivity index (χ3n) is 4.49. The second kappa shape index (κ2) is 6.12. The van der Waals surface area contributed by atoms with Gasteiger partial charge in [0.2, 0.25) is 0 Å². The molecule has 1 aromatic rings. The van der Waals surface area contributed by atoms with E-state index in [1.54, 1.807) is 6.07 Å². The third-order valence-corrected chi connectivity index (χ3v) is 5.38. The molecule has 1 saturated heterocycles. The van der Waals surface area contributed by atoms with E-state index < -0.39 is 0 Å². The van der Waals surface area contributed by atoms with E-state index in [-0.39, 0.29) is 11.2 Å². The molecule has 20 heavy (non-hydrogen) atoms. The zero-order chi connectivity index (χ0) is 14.0. The van der Waals surface area contributed by atoms with E-state index in [1.165, 1.54) is 18.9 Å². The Kier molecular flexibility index (Phi) is 4.43. The van der Waals surface area contributed by atoms with E-state index >= 15 is 0 Å². The molecule has 2 fully saturated rings. The summed E-state index contributed by atoms with van der Waals surface area (Å²) in [4.78, 5) is 0. The van der Waals surface area contributed by atoms with Crippen molar-refractivity contribution in [3.05, 3.63) is 34.1 Å². The number of halogens is 2. The summed E-state index contributed by atoms with van der Waals surface area (Å²) in [6.45, 7) is 2.66. The Morgan fingerprint density at radius 2 is 2.05 bits per heavy atom. The highest BCUT2D eigenvalue weighted by molar-refractivity contribution is 9.10. The van der Waals surface area contributed by atoms with Crippen molar-refractivity contribution in [2.24, 2.45) is 5.41 Å². The summed E-state index contributed by atoms with van der Waals surface area (Å²) < 4.78 is 19.8. The van der Waals surface area contributed by atoms with Gasteiger partial charge < -0.3 is 10.1 Å². The minimum Gasteiger partial charge on any atom is -0.381 e. The van der Waals surface area contributed by atoms with E-state index in [1.807, 2.05) is 6.07 Å². The van der Waals surface area contributed by atoms with Crippen LogP contribution in [0.2, 0.25) is 0 Å². The van der Waals surface area contributed by atoms with Gasteiger partial charge in [-0.15, -0.1) is 0 Å². The SMILES string of the molecule is Fc1cccc(CC2(CNC3CC3)CCOCC2)c1Br. The lowest BCUT2D eigenvalue weighted by Gasteiger charge is -2.38. The molecule has 4 heteroatoms. The predicted molar refractivity (Wildman–Crippen MR) is 81.3 cm³/mol. The summed E-state index contributed by atoms with van der Waals surface area (Å²) in [5.74, 6) is -0.167. The van der Waals surface area contributed by atoms with Crippen molar-refractivity contribution in [1.29, 1.82) is 0 Å². The number of ether oxygens (including phenoxy) is 1. The molecule has 1 aliphatic heterocycles. The average Bonchev–Trinajstić information content (AvgIpc) is 3.27. The first-order valence-corrected chi connectivity index (χ1v) is 8.22. The van der Waals surface area contributed by atoms with Gasteiger partial charge in [0, 0.05) is 25.8 Å². The van der Waals surface area contributed by atoms with E-state index in [0.717, 1.165) is 44.6 Å². The molecule has 1 heterocycles. The molecular weight excluding hydrogens is 321 g/mol. The number of rotatable bonds is 5. The van der Waals surface area contributed by atoms with Crippen molar-refractivity contribution in [2.45, 2.75) is 38.1 Å². The molecule has 2 nitrogen and oxygen atoms in total. The van der Waals surface area contributed by atoms with E-state index in [4.69, 9.17) is 4.74 Å². The summed E-state index contributed by atoms with van der Waals surface area (Å²) in [7, 11) is 0. The second-order valence-electron chi connectivity index (χ2n) is 6.16. The van der Waals surface area contributed by atoms with Crippen LogP contribution in [0.15, 0.2) is 22.7 Å². The standard InChI is InChI=1S/C16H21BrFNO/c17-15-12(2-1-3-14(15)18)10-16(6-8-20-9-7-16)11-19-13-4-5-13/h1-3,13,19H,4-11H2. The molecule has 0 amide bonds. The molecule has 0 spiro atoms. The lowest BCUT2D eigenvalue weighted by Crippen LogP contribution is -2.41. The number of benzene rings is 1. The van der Waals surface area contributed by atoms with Gasteiger partial charge in [-0.2, -0.15) is 0 Å². The van der Waals surface area contributed by atoms with Crippen LogP contribution < -0.4 is 5.32 Å². The van der Waals surface area contributed by atoms with Crippen LogP contribution in [0.25, 0.3) is 0 Å². The fraction of sp³-hybridized carbons (Fsp3) is 0.625. The summed E-state index contributed by atoms with van der Waals surface area (Å²) >= 11 is 3.40. The lowest BCUT2D eigenvalue weighted by molar-refractivity contribution is 0.0146. The van der Waals surface area contributed by atoms with E-state index in [9.17, 15) is 4.39 Å². The molecule has 0 unspecified atom stereocenters. The van der Waals surface area contributed by atoms with Crippen LogP contribution in [-0.4, -0.2) is 25.8 Å². The Morgan fingerprint density at radius 3 is 2.75 bits per heavy atom. The van der Waals surface area contributed by atoms with Crippen molar-refractivity contribution < 1.29 is 9.13 Å². The Hall–Kier alpha value is -0.450. The van der Waals surface area contributed by atoms with Crippen molar-refractivity contribution in [3.8, 4) is 0 Å². The summed E-state index contributed by atoms with van der Waals surface area (Å²) in [6, 6.07) is 6.05. The lowest BCUT2D eigenvalue weighted by atomic mass is 9.75. The molecule has 0 atom stereocenters. The molecule has 1 aliphatic carbocycles. The largest absolute Gasteiger partial charge is 0.381 e. The topological polar surface area (TPSA) is 21.3 Å². The molecule has 1 aromatic carbocycles. The fourth-order valence-corrected chi connectivity index (χ4v) is 3.36. The molecule has 1 N–H and O–H groups in total. The first kappa shape index (κ1) is 14.5. The van der Waals surface area contributed by atoms with Gasteiger partial charge in [0.25, 0.3) is 0 Å². The van der Waals surface area contributed by atoms with Gasteiger partial charge in [-0.3, -0.25) is 0 Å². The van der Waals surface area contributed by atoms with Crippen molar-refractivity contribution in [2.75, 3.05) is 19.8 Å². The first-order valence-electron chi connectivity index (χ1n) is 7.43. The number of hydrogen-bond donors (Lipinski definition) is 1. The maximum absolute atomic E-state index is 13.7. The van der Waals surface area contributed by atoms with Crippen LogP contribution in [0.3, 0.4) is 0 Å². The summed E-state index contributed by atoms with van der Waals surface area (Å²) in [5.41, 5.74) is 1.28. The van der Waals surface area contributed by atoms with Crippen molar-refractivity contribution in [3.63, 3.8) is 0 Å². The summed E-state index contributed by atoms with van der Waals surface area (Å²) in [6.07, 6.45) is 5.62. The van der Waals surface area contributed by atoms with E-state index in [0.29, 0.717) is 10.5 Å². The van der Waals surface area contributed by atoms with Gasteiger partial charge in [-0.25, -0.2) is 4.39 Å². The van der Waals surface area contributed by atoms with Gasteiger partial charge in [0.15, 0.2) is 0 Å². The average molecular weight is 342 g/mol. The number of nitrogens with one attached hydrogen (secondary N) is 1. The molecule has 0 aromatic heterocycles. The fourth-order valence-electron chi connectivity index (χ4n) is 2.96. The molecule has 3 rings (SSSR count). The van der Waals surface area contributed by atoms with Crippen LogP contribution in [-0.2, 0) is 11.2 Å². The van der Waals surface area contributed by atoms with Gasteiger partial charge in [-0.1, -0.05) is 12.1 Å². The van der Waals surface area contributed by atoms with Crippen molar-refractivity contribution in [1.82, 2.24) is 5.32 Å². The Balaban J connectivity index is 1.75. The smallest absolute Gasteiger partial charge is 0.137 e. The quantitative estimate of drug-likeness (QED) is 0.881. The summed E-state index contributed by atoms with van der Waals surface area (Å²) in [5, 5.41) is 3.66.